The van der Waals surface area contributed by atoms with E-state index >= 15 is 0 Å². The second-order valence-corrected chi connectivity index (χ2v) is 10.7. The number of unbranched alkanes of at least 4 members (excludes halogenated alkanes) is 1. The number of hydrogen-bond acceptors (Lipinski definition) is 7. The van der Waals surface area contributed by atoms with Crippen molar-refractivity contribution in [2.75, 3.05) is 11.9 Å². The van der Waals surface area contributed by atoms with Crippen LogP contribution in [0.25, 0.3) is 0 Å². The highest BCUT2D eigenvalue weighted by Crippen LogP contribution is 2.37. The van der Waals surface area contributed by atoms with Gasteiger partial charge in [0.25, 0.3) is 0 Å². The number of aromatic nitrogens is 3. The summed E-state index contributed by atoms with van der Waals surface area (Å²) in [4.78, 5) is 18.1. The Balaban J connectivity index is 1.41. The molecular weight excluding hydrogens is 520 g/mol. The van der Waals surface area contributed by atoms with Crippen LogP contribution in [0.2, 0.25) is 0 Å². The number of benzene rings is 3. The zero-order valence-corrected chi connectivity index (χ0v) is 23.9. The lowest BCUT2D eigenvalue weighted by Crippen LogP contribution is -2.29. The second kappa shape index (κ2) is 12.9. The summed E-state index contributed by atoms with van der Waals surface area (Å²) in [6, 6.07) is 25.8. The van der Waals surface area contributed by atoms with Gasteiger partial charge in [0.15, 0.2) is 0 Å². The molecule has 5 rings (SSSR count). The molecule has 0 amide bonds. The molecule has 0 fully saturated rings. The fourth-order valence-electron chi connectivity index (χ4n) is 4.55. The maximum atomic E-state index is 13.3. The first-order valence-corrected chi connectivity index (χ1v) is 14.6. The molecule has 0 bridgehead atoms. The number of ether oxygens (including phenoxy) is 2. The van der Waals surface area contributed by atoms with Crippen molar-refractivity contribution in [3.05, 3.63) is 112 Å². The lowest BCUT2D eigenvalue weighted by atomic mass is 9.95. The van der Waals surface area contributed by atoms with Gasteiger partial charge in [0, 0.05) is 11.4 Å². The molecule has 3 aromatic carbocycles. The lowest BCUT2D eigenvalue weighted by Gasteiger charge is -2.28. The van der Waals surface area contributed by atoms with Crippen LogP contribution < -0.4 is 10.1 Å². The van der Waals surface area contributed by atoms with Crippen LogP contribution in [0.1, 0.15) is 55.0 Å². The Morgan fingerprint density at radius 1 is 1.00 bits per heavy atom. The monoisotopic (exact) mass is 554 g/mol. The van der Waals surface area contributed by atoms with Gasteiger partial charge in [-0.2, -0.15) is 4.98 Å². The number of aryl methyl sites for hydroxylation is 1. The number of hydrogen-bond donors (Lipinski definition) is 1. The Bertz CT molecular complexity index is 1480. The Morgan fingerprint density at radius 2 is 1.75 bits per heavy atom. The summed E-state index contributed by atoms with van der Waals surface area (Å²) in [7, 11) is 0. The Morgan fingerprint density at radius 3 is 2.50 bits per heavy atom. The molecule has 0 aliphatic carbocycles. The summed E-state index contributed by atoms with van der Waals surface area (Å²) in [6.45, 7) is 6.91. The molecule has 1 aliphatic heterocycles. The van der Waals surface area contributed by atoms with Gasteiger partial charge in [0.05, 0.1) is 12.2 Å². The van der Waals surface area contributed by atoms with Gasteiger partial charge in [-0.05, 0) is 54.7 Å². The van der Waals surface area contributed by atoms with Crippen LogP contribution in [0.15, 0.2) is 95.3 Å². The summed E-state index contributed by atoms with van der Waals surface area (Å²) >= 11 is 1.56. The van der Waals surface area contributed by atoms with E-state index in [0.29, 0.717) is 35.6 Å². The fourth-order valence-corrected chi connectivity index (χ4v) is 5.34. The fraction of sp³-hybridized carbons (Fsp3) is 0.281. The molecule has 40 heavy (non-hydrogen) atoms. The van der Waals surface area contributed by atoms with Gasteiger partial charge < -0.3 is 14.8 Å². The molecule has 1 N–H and O–H groups in total. The lowest BCUT2D eigenvalue weighted by molar-refractivity contribution is -0.139. The average Bonchev–Trinajstić information content (AvgIpc) is 3.38. The molecule has 206 valence electrons. The second-order valence-electron chi connectivity index (χ2n) is 9.78. The highest BCUT2D eigenvalue weighted by molar-refractivity contribution is 7.98. The van der Waals surface area contributed by atoms with Crippen LogP contribution in [0.4, 0.5) is 5.95 Å². The van der Waals surface area contributed by atoms with E-state index in [1.165, 1.54) is 11.1 Å². The van der Waals surface area contributed by atoms with Crippen molar-refractivity contribution in [1.29, 1.82) is 0 Å². The maximum absolute atomic E-state index is 13.3. The molecule has 0 saturated heterocycles. The normalized spacial score (nSPS) is 14.4. The number of fused-ring (bicyclic) bond motifs is 1. The van der Waals surface area contributed by atoms with Gasteiger partial charge in [-0.25, -0.2) is 9.48 Å². The number of anilines is 1. The number of nitrogens with zero attached hydrogens (tertiary/aromatic N) is 3. The van der Waals surface area contributed by atoms with Crippen molar-refractivity contribution in [3.63, 3.8) is 0 Å². The third kappa shape index (κ3) is 6.39. The summed E-state index contributed by atoms with van der Waals surface area (Å²) < 4.78 is 13.5. The smallest absolute Gasteiger partial charge is 0.338 e. The van der Waals surface area contributed by atoms with Crippen LogP contribution in [0.5, 0.6) is 5.75 Å². The number of thioether (sulfide) groups is 1. The number of carbonyl (C=O) groups is 1. The minimum atomic E-state index is -0.477. The Labute approximate surface area is 239 Å². The Hall–Kier alpha value is -4.04. The number of rotatable bonds is 11. The van der Waals surface area contributed by atoms with Gasteiger partial charge in [-0.3, -0.25) is 0 Å². The summed E-state index contributed by atoms with van der Waals surface area (Å²) in [5.74, 6) is 1.76. The van der Waals surface area contributed by atoms with Gasteiger partial charge in [0.1, 0.15) is 18.4 Å². The minimum absolute atomic E-state index is 0.344. The molecular formula is C32H34N4O3S. The highest BCUT2D eigenvalue weighted by atomic mass is 32.2. The number of allylic oxidation sites excluding steroid dienone is 1. The molecule has 0 radical (unpaired) electrons. The van der Waals surface area contributed by atoms with E-state index in [1.54, 1.807) is 16.4 Å². The zero-order chi connectivity index (χ0) is 27.9. The van der Waals surface area contributed by atoms with Crippen LogP contribution in [-0.2, 0) is 21.9 Å². The van der Waals surface area contributed by atoms with Gasteiger partial charge in [-0.15, -0.1) is 5.10 Å². The molecule has 1 atom stereocenters. The van der Waals surface area contributed by atoms with Crippen molar-refractivity contribution in [3.8, 4) is 5.75 Å². The summed E-state index contributed by atoms with van der Waals surface area (Å²) in [6.07, 6.45) is 1.77. The Kier molecular flexibility index (Phi) is 8.86. The number of carbonyl (C=O) groups excluding carboxylic acids is 1. The predicted octanol–water partition coefficient (Wildman–Crippen LogP) is 7.09. The molecule has 0 saturated carbocycles. The van der Waals surface area contributed by atoms with Gasteiger partial charge >= 0.3 is 5.97 Å². The SMILES string of the molecule is CCCCOC(=O)C1=C(C)Nc2nc(SCc3ccccc3)nn2C1c1ccc(OCc2ccccc2C)cc1. The van der Waals surface area contributed by atoms with Crippen molar-refractivity contribution < 1.29 is 14.3 Å². The van der Waals surface area contributed by atoms with Crippen molar-refractivity contribution in [2.24, 2.45) is 0 Å². The van der Waals surface area contributed by atoms with E-state index in [1.807, 2.05) is 61.5 Å². The third-order valence-electron chi connectivity index (χ3n) is 6.85. The highest BCUT2D eigenvalue weighted by Gasteiger charge is 2.35. The predicted molar refractivity (Wildman–Crippen MR) is 158 cm³/mol. The quantitative estimate of drug-likeness (QED) is 0.120. The topological polar surface area (TPSA) is 78.3 Å². The molecule has 1 aliphatic rings. The van der Waals surface area contributed by atoms with Gasteiger partial charge in [0.2, 0.25) is 11.1 Å². The molecule has 7 nitrogen and oxygen atoms in total. The van der Waals surface area contributed by atoms with E-state index in [4.69, 9.17) is 19.6 Å². The first-order chi connectivity index (χ1) is 19.5. The standard InChI is InChI=1S/C32H34N4O3S/c1-4-5-19-38-30(37)28-23(3)33-31-34-32(40-21-24-12-7-6-8-13-24)35-36(31)29(28)25-15-17-27(18-16-25)39-20-26-14-10-9-11-22(26)2/h6-18,29H,4-5,19-21H2,1-3H3,(H,33,34,35). The first kappa shape index (κ1) is 27.5. The molecule has 2 heterocycles. The van der Waals surface area contributed by atoms with E-state index < -0.39 is 6.04 Å². The number of esters is 1. The molecule has 0 spiro atoms. The van der Waals surface area contributed by atoms with Gasteiger partial charge in [-0.1, -0.05) is 91.8 Å². The van der Waals surface area contributed by atoms with Crippen LogP contribution in [0, 0.1) is 6.92 Å². The third-order valence-corrected chi connectivity index (χ3v) is 7.76. The minimum Gasteiger partial charge on any atom is -0.489 e. The van der Waals surface area contributed by atoms with E-state index in [0.717, 1.165) is 35.5 Å². The van der Waals surface area contributed by atoms with Crippen LogP contribution in [-0.4, -0.2) is 27.3 Å². The molecule has 1 aromatic heterocycles. The average molecular weight is 555 g/mol. The largest absolute Gasteiger partial charge is 0.489 e. The van der Waals surface area contributed by atoms with Crippen LogP contribution >= 0.6 is 11.8 Å². The zero-order valence-electron chi connectivity index (χ0n) is 23.1. The van der Waals surface area contributed by atoms with E-state index in [2.05, 4.69) is 43.4 Å². The van der Waals surface area contributed by atoms with Crippen molar-refractivity contribution in [2.45, 2.75) is 57.2 Å². The molecule has 4 aromatic rings. The van der Waals surface area contributed by atoms with Crippen molar-refractivity contribution in [1.82, 2.24) is 14.8 Å². The summed E-state index contributed by atoms with van der Waals surface area (Å²) in [5.41, 5.74) is 5.68. The van der Waals surface area contributed by atoms with Crippen LogP contribution in [0.3, 0.4) is 0 Å². The first-order valence-electron chi connectivity index (χ1n) is 13.6. The van der Waals surface area contributed by atoms with E-state index in [-0.39, 0.29) is 5.97 Å². The van der Waals surface area contributed by atoms with E-state index in [9.17, 15) is 4.79 Å². The molecule has 8 heteroatoms. The molecule has 1 unspecified atom stereocenters. The maximum Gasteiger partial charge on any atom is 0.338 e. The van der Waals surface area contributed by atoms with Crippen molar-refractivity contribution >= 4 is 23.7 Å². The summed E-state index contributed by atoms with van der Waals surface area (Å²) in [5, 5.41) is 8.75. The number of nitrogens with one attached hydrogen (secondary N) is 1.